The average molecular weight is 435 g/mol. The monoisotopic (exact) mass is 435 g/mol. The Balaban J connectivity index is 2.50. The molecule has 0 bridgehead atoms. The Hall–Kier alpha value is -0.905. The highest BCUT2D eigenvalue weighted by Crippen LogP contribution is 2.45. The highest BCUT2D eigenvalue weighted by molar-refractivity contribution is 14.1. The molecule has 24 heavy (non-hydrogen) atoms. The maximum absolute atomic E-state index is 4.73. The minimum absolute atomic E-state index is 0.630. The molecule has 1 atom stereocenters. The van der Waals surface area contributed by atoms with E-state index in [1.807, 2.05) is 0 Å². The van der Waals surface area contributed by atoms with Gasteiger partial charge < -0.3 is 8.96 Å². The van der Waals surface area contributed by atoms with Crippen LogP contribution in [0.2, 0.25) is 6.82 Å². The molecule has 0 amide bonds. The smallest absolute Gasteiger partial charge is 0.412 e. The van der Waals surface area contributed by atoms with Crippen LogP contribution in [0.4, 0.5) is 0 Å². The zero-order chi connectivity index (χ0) is 18.1. The van der Waals surface area contributed by atoms with Crippen molar-refractivity contribution in [3.8, 4) is 0 Å². The van der Waals surface area contributed by atoms with E-state index < -0.39 is 6.42 Å². The van der Waals surface area contributed by atoms with Crippen LogP contribution in [0.3, 0.4) is 0 Å². The Kier molecular flexibility index (Phi) is 4.14. The van der Waals surface area contributed by atoms with E-state index in [0.717, 1.165) is 6.42 Å². The van der Waals surface area contributed by atoms with Crippen LogP contribution in [0.5, 0.6) is 0 Å². The van der Waals surface area contributed by atoms with Crippen molar-refractivity contribution in [2.24, 2.45) is 5.92 Å². The number of hydrogen-bond acceptors (Lipinski definition) is 0. The summed E-state index contributed by atoms with van der Waals surface area (Å²) in [6, 6.07) is 0. The largest absolute Gasteiger partial charge is 0.557 e. The number of rotatable bonds is 2. The number of allylic oxidation sites excluding steroid dienone is 3. The van der Waals surface area contributed by atoms with Crippen molar-refractivity contribution in [3.63, 3.8) is 0 Å². The van der Waals surface area contributed by atoms with E-state index in [2.05, 4.69) is 86.8 Å². The molecule has 3 heterocycles. The molecule has 0 radical (unpaired) electrons. The predicted molar refractivity (Wildman–Crippen MR) is 115 cm³/mol. The number of halogens is 1. The second-order valence-corrected chi connectivity index (χ2v) is 9.36. The summed E-state index contributed by atoms with van der Waals surface area (Å²) in [5, 5.41) is 0. The maximum atomic E-state index is 4.73. The fourth-order valence-electron chi connectivity index (χ4n) is 4.77. The topological polar surface area (TPSA) is 7.94 Å². The van der Waals surface area contributed by atoms with Crippen LogP contribution in [0.1, 0.15) is 58.0 Å². The first kappa shape index (κ1) is 17.9. The molecule has 4 heteroatoms. The van der Waals surface area contributed by atoms with Crippen molar-refractivity contribution in [1.29, 1.82) is 0 Å². The lowest BCUT2D eigenvalue weighted by molar-refractivity contribution is -0.334. The molecule has 0 saturated heterocycles. The third-order valence-corrected chi connectivity index (χ3v) is 7.55. The fraction of sp³-hybridized carbons (Fsp3) is 0.500. The van der Waals surface area contributed by atoms with E-state index in [-0.39, 0.29) is 0 Å². The minimum atomic E-state index is -1.11. The van der Waals surface area contributed by atoms with Crippen molar-refractivity contribution in [2.75, 3.05) is 0 Å². The Labute approximate surface area is 160 Å². The van der Waals surface area contributed by atoms with E-state index >= 15 is 0 Å². The molecule has 3 rings (SSSR count). The van der Waals surface area contributed by atoms with E-state index in [0.29, 0.717) is 5.92 Å². The van der Waals surface area contributed by atoms with Gasteiger partial charge in [0, 0.05) is 32.9 Å². The molecule has 0 saturated carbocycles. The summed E-state index contributed by atoms with van der Waals surface area (Å²) in [6.45, 7) is 23.0. The molecule has 2 aliphatic heterocycles. The summed E-state index contributed by atoms with van der Waals surface area (Å²) in [7, 11) is 0. The molecule has 0 spiro atoms. The van der Waals surface area contributed by atoms with E-state index in [4.69, 9.17) is 6.82 Å². The number of fused-ring (bicyclic) bond motifs is 2. The van der Waals surface area contributed by atoms with Crippen molar-refractivity contribution in [1.82, 2.24) is 4.48 Å². The summed E-state index contributed by atoms with van der Waals surface area (Å²) in [5.41, 5.74) is 11.4. The third-order valence-electron chi connectivity index (χ3n) is 5.96. The van der Waals surface area contributed by atoms with Gasteiger partial charge in [-0.3, -0.25) is 0 Å². The molecule has 2 aliphatic rings. The second kappa shape index (κ2) is 5.55. The summed E-state index contributed by atoms with van der Waals surface area (Å²) in [5.74, 6) is 0.630. The average Bonchev–Trinajstić information content (AvgIpc) is 2.85. The van der Waals surface area contributed by atoms with Gasteiger partial charge in [0.1, 0.15) is 5.71 Å². The summed E-state index contributed by atoms with van der Waals surface area (Å²) in [6.07, 6.45) is -0.00710. The lowest BCUT2D eigenvalue weighted by atomic mass is 9.48. The molecule has 0 fully saturated rings. The third kappa shape index (κ3) is 2.14. The van der Waals surface area contributed by atoms with Crippen LogP contribution < -0.4 is 0 Å². The van der Waals surface area contributed by atoms with Crippen molar-refractivity contribution in [3.05, 3.63) is 44.2 Å². The van der Waals surface area contributed by atoms with Gasteiger partial charge in [0.15, 0.2) is 5.70 Å². The number of hydrogen-bond donors (Lipinski definition) is 0. The van der Waals surface area contributed by atoms with Crippen molar-refractivity contribution >= 4 is 40.3 Å². The highest BCUT2D eigenvalue weighted by atomic mass is 127. The molecule has 0 aromatic carbocycles. The standard InChI is InChI=1S/C20H29BIN2/c1-11(2)10-17-19-13(4)12(3)15(6)23(19)21(8,9)24-16(7)18(22)14(5)20(17)24/h11H,8,10H2,1-7,9H3/q+1. The Bertz CT molecular complexity index is 847. The minimum Gasteiger partial charge on any atom is -0.412 e. The van der Waals surface area contributed by atoms with Gasteiger partial charge >= 0.3 is 6.42 Å². The van der Waals surface area contributed by atoms with Gasteiger partial charge in [-0.2, -0.15) is 0 Å². The van der Waals surface area contributed by atoms with E-state index in [1.165, 1.54) is 48.6 Å². The molecular weight excluding hydrogens is 406 g/mol. The first-order valence-electron chi connectivity index (χ1n) is 9.00. The molecule has 0 N–H and O–H groups in total. The summed E-state index contributed by atoms with van der Waals surface area (Å²) in [4.78, 5) is 0. The molecular formula is C20H29BIN2+. The SMILES string of the molecule is [CH2+][B-]1(C)n2c(C)c(I)c(C)c2C(CC(C)C)=C2C(C)=C(C)C(C)=[N+]21. The van der Waals surface area contributed by atoms with E-state index in [9.17, 15) is 0 Å². The molecule has 1 aromatic rings. The van der Waals surface area contributed by atoms with Gasteiger partial charge in [0.2, 0.25) is 0 Å². The van der Waals surface area contributed by atoms with Gasteiger partial charge in [-0.1, -0.05) is 13.8 Å². The van der Waals surface area contributed by atoms with Crippen LogP contribution in [0.25, 0.3) is 5.57 Å². The normalized spacial score (nSPS) is 23.6. The quantitative estimate of drug-likeness (QED) is 0.325. The Morgan fingerprint density at radius 3 is 2.25 bits per heavy atom. The van der Waals surface area contributed by atoms with Gasteiger partial charge in [-0.25, -0.2) is 0 Å². The second-order valence-electron chi connectivity index (χ2n) is 8.28. The number of nitrogens with zero attached hydrogens (tertiary/aromatic N) is 2. The molecule has 1 aromatic heterocycles. The van der Waals surface area contributed by atoms with Crippen molar-refractivity contribution < 1.29 is 4.49 Å². The molecule has 1 unspecified atom stereocenters. The van der Waals surface area contributed by atoms with Crippen LogP contribution in [0, 0.1) is 30.2 Å². The van der Waals surface area contributed by atoms with Gasteiger partial charge in [0.25, 0.3) is 0 Å². The zero-order valence-electron chi connectivity index (χ0n) is 16.3. The van der Waals surface area contributed by atoms with E-state index in [1.54, 1.807) is 0 Å². The zero-order valence-corrected chi connectivity index (χ0v) is 18.5. The molecule has 128 valence electrons. The van der Waals surface area contributed by atoms with Gasteiger partial charge in [0.05, 0.1) is 0 Å². The lowest BCUT2D eigenvalue weighted by Crippen LogP contribution is -2.54. The highest BCUT2D eigenvalue weighted by Gasteiger charge is 2.53. The number of aromatic nitrogens is 1. The Morgan fingerprint density at radius 2 is 1.71 bits per heavy atom. The summed E-state index contributed by atoms with van der Waals surface area (Å²) < 4.78 is 6.46. The van der Waals surface area contributed by atoms with Crippen LogP contribution >= 0.6 is 22.6 Å². The van der Waals surface area contributed by atoms with Gasteiger partial charge in [-0.05, 0) is 87.5 Å². The Morgan fingerprint density at radius 1 is 1.12 bits per heavy atom. The maximum Gasteiger partial charge on any atom is 0.557 e. The van der Waals surface area contributed by atoms with Crippen LogP contribution in [-0.4, -0.2) is 21.1 Å². The lowest BCUT2D eigenvalue weighted by Gasteiger charge is -2.35. The predicted octanol–water partition coefficient (Wildman–Crippen LogP) is 5.60. The fourth-order valence-corrected chi connectivity index (χ4v) is 5.29. The summed E-state index contributed by atoms with van der Waals surface area (Å²) >= 11 is 2.51. The van der Waals surface area contributed by atoms with Crippen LogP contribution in [-0.2, 0) is 0 Å². The van der Waals surface area contributed by atoms with Crippen LogP contribution in [0.15, 0.2) is 16.8 Å². The molecule has 0 aliphatic carbocycles. The van der Waals surface area contributed by atoms with Crippen molar-refractivity contribution in [2.45, 2.75) is 61.7 Å². The first-order valence-corrected chi connectivity index (χ1v) is 10.1. The first-order chi connectivity index (χ1) is 11.0. The molecule has 2 nitrogen and oxygen atoms in total. The van der Waals surface area contributed by atoms with Gasteiger partial charge in [-0.15, -0.1) is 0 Å².